The second-order valence-corrected chi connectivity index (χ2v) is 5.92. The summed E-state index contributed by atoms with van der Waals surface area (Å²) < 4.78 is 11.3. The number of nitrogens with zero attached hydrogens (tertiary/aromatic N) is 1. The smallest absolute Gasteiger partial charge is 0.257 e. The molecule has 0 saturated heterocycles. The molecule has 3 rings (SSSR count). The fourth-order valence-electron chi connectivity index (χ4n) is 2.96. The Balaban J connectivity index is 1.66. The van der Waals surface area contributed by atoms with E-state index in [1.54, 1.807) is 11.0 Å². The Morgan fingerprint density at radius 3 is 2.68 bits per heavy atom. The van der Waals surface area contributed by atoms with Gasteiger partial charge < -0.3 is 14.1 Å². The van der Waals surface area contributed by atoms with Crippen LogP contribution in [0.1, 0.15) is 33.0 Å². The number of furan rings is 1. The van der Waals surface area contributed by atoms with Gasteiger partial charge in [-0.2, -0.15) is 0 Å². The first-order valence-corrected chi connectivity index (χ1v) is 7.55. The molecule has 22 heavy (non-hydrogen) atoms. The zero-order valence-corrected chi connectivity index (χ0v) is 13.3. The van der Waals surface area contributed by atoms with Gasteiger partial charge in [-0.1, -0.05) is 24.3 Å². The molecule has 1 aromatic heterocycles. The Morgan fingerprint density at radius 1 is 1.27 bits per heavy atom. The van der Waals surface area contributed by atoms with Crippen LogP contribution >= 0.6 is 0 Å². The van der Waals surface area contributed by atoms with Gasteiger partial charge in [-0.15, -0.1) is 0 Å². The van der Waals surface area contributed by atoms with E-state index in [2.05, 4.69) is 12.1 Å². The molecule has 4 nitrogen and oxygen atoms in total. The van der Waals surface area contributed by atoms with Crippen molar-refractivity contribution in [2.24, 2.45) is 0 Å². The quantitative estimate of drug-likeness (QED) is 0.874. The van der Waals surface area contributed by atoms with Crippen molar-refractivity contribution in [1.82, 2.24) is 4.90 Å². The summed E-state index contributed by atoms with van der Waals surface area (Å²) in [5, 5.41) is 0. The van der Waals surface area contributed by atoms with Crippen LogP contribution in [-0.4, -0.2) is 30.5 Å². The van der Waals surface area contributed by atoms with Gasteiger partial charge in [-0.3, -0.25) is 4.79 Å². The zero-order valence-electron chi connectivity index (χ0n) is 13.3. The summed E-state index contributed by atoms with van der Waals surface area (Å²) in [6.07, 6.45) is 0.883. The molecular formula is C18H21NO3. The van der Waals surface area contributed by atoms with E-state index in [0.29, 0.717) is 24.5 Å². The van der Waals surface area contributed by atoms with Crippen molar-refractivity contribution in [3.8, 4) is 0 Å². The Bertz CT molecular complexity index is 689. The Labute approximate surface area is 130 Å². The number of hydrogen-bond acceptors (Lipinski definition) is 3. The fraction of sp³-hybridized carbons (Fsp3) is 0.389. The van der Waals surface area contributed by atoms with E-state index in [1.165, 1.54) is 11.1 Å². The zero-order chi connectivity index (χ0) is 15.7. The first kappa shape index (κ1) is 14.9. The van der Waals surface area contributed by atoms with E-state index in [4.69, 9.17) is 9.15 Å². The van der Waals surface area contributed by atoms with E-state index in [1.807, 2.05) is 33.0 Å². The lowest BCUT2D eigenvalue weighted by Gasteiger charge is -2.29. The molecule has 1 aliphatic heterocycles. The molecule has 1 aromatic carbocycles. The third kappa shape index (κ3) is 2.92. The van der Waals surface area contributed by atoms with Crippen LogP contribution < -0.4 is 0 Å². The molecule has 0 unspecified atom stereocenters. The summed E-state index contributed by atoms with van der Waals surface area (Å²) in [6, 6.07) is 10.1. The normalized spacial score (nSPS) is 17.1. The minimum absolute atomic E-state index is 0.0168. The van der Waals surface area contributed by atoms with Crippen molar-refractivity contribution in [3.05, 3.63) is 58.5 Å². The number of amides is 1. The Kier molecular flexibility index (Phi) is 4.03. The van der Waals surface area contributed by atoms with Crippen LogP contribution in [0.2, 0.25) is 0 Å². The lowest BCUT2D eigenvalue weighted by molar-refractivity contribution is 0.00981. The van der Waals surface area contributed by atoms with Gasteiger partial charge in [0.05, 0.1) is 18.3 Å². The molecule has 0 radical (unpaired) electrons. The second-order valence-electron chi connectivity index (χ2n) is 5.92. The molecule has 0 N–H and O–H groups in total. The molecule has 116 valence electrons. The van der Waals surface area contributed by atoms with Crippen molar-refractivity contribution >= 4 is 5.91 Å². The van der Waals surface area contributed by atoms with Crippen LogP contribution in [0.5, 0.6) is 0 Å². The highest BCUT2D eigenvalue weighted by Crippen LogP contribution is 2.22. The van der Waals surface area contributed by atoms with Gasteiger partial charge in [-0.25, -0.2) is 0 Å². The molecule has 0 aliphatic carbocycles. The minimum atomic E-state index is -0.0168. The van der Waals surface area contributed by atoms with Crippen LogP contribution in [-0.2, 0) is 17.8 Å². The summed E-state index contributed by atoms with van der Waals surface area (Å²) in [7, 11) is 1.81. The van der Waals surface area contributed by atoms with E-state index in [-0.39, 0.29) is 12.0 Å². The maximum absolute atomic E-state index is 12.5. The maximum atomic E-state index is 12.5. The van der Waals surface area contributed by atoms with E-state index < -0.39 is 0 Å². The minimum Gasteiger partial charge on any atom is -0.466 e. The third-order valence-electron chi connectivity index (χ3n) is 4.14. The highest BCUT2D eigenvalue weighted by atomic mass is 16.5. The van der Waals surface area contributed by atoms with Gasteiger partial charge in [0.1, 0.15) is 11.5 Å². The van der Waals surface area contributed by atoms with Crippen molar-refractivity contribution in [2.75, 3.05) is 13.6 Å². The Morgan fingerprint density at radius 2 is 2.00 bits per heavy atom. The van der Waals surface area contributed by atoms with Crippen molar-refractivity contribution < 1.29 is 13.9 Å². The number of benzene rings is 1. The van der Waals surface area contributed by atoms with Gasteiger partial charge in [0.15, 0.2) is 0 Å². The van der Waals surface area contributed by atoms with Gasteiger partial charge >= 0.3 is 0 Å². The van der Waals surface area contributed by atoms with E-state index in [0.717, 1.165) is 12.2 Å². The molecule has 1 aliphatic rings. The fourth-order valence-corrected chi connectivity index (χ4v) is 2.96. The molecule has 0 fully saturated rings. The van der Waals surface area contributed by atoms with E-state index in [9.17, 15) is 4.79 Å². The van der Waals surface area contributed by atoms with Crippen LogP contribution in [0.25, 0.3) is 0 Å². The molecule has 1 atom stereocenters. The molecule has 0 saturated carbocycles. The number of carbonyl (C=O) groups is 1. The molecule has 4 heteroatoms. The average Bonchev–Trinajstić information content (AvgIpc) is 2.85. The molecular weight excluding hydrogens is 278 g/mol. The second kappa shape index (κ2) is 5.97. The monoisotopic (exact) mass is 299 g/mol. The summed E-state index contributed by atoms with van der Waals surface area (Å²) >= 11 is 0. The number of aryl methyl sites for hydroxylation is 2. The number of carbonyl (C=O) groups excluding carboxylic acids is 1. The summed E-state index contributed by atoms with van der Waals surface area (Å²) in [6.45, 7) is 4.87. The van der Waals surface area contributed by atoms with Gasteiger partial charge in [0, 0.05) is 20.0 Å². The average molecular weight is 299 g/mol. The number of hydrogen-bond donors (Lipinski definition) is 0. The predicted octanol–water partition coefficient (Wildman–Crippen LogP) is 3.11. The number of ether oxygens (including phenoxy) is 1. The lowest BCUT2D eigenvalue weighted by Crippen LogP contribution is -2.38. The molecule has 0 bridgehead atoms. The SMILES string of the molecule is Cc1cc(C(=O)N(C)C[C@@H]2Cc3ccccc3CO2)c(C)o1. The summed E-state index contributed by atoms with van der Waals surface area (Å²) in [5.74, 6) is 1.41. The lowest BCUT2D eigenvalue weighted by atomic mass is 9.99. The number of fused-ring (bicyclic) bond motifs is 1. The van der Waals surface area contributed by atoms with Crippen LogP contribution in [0.4, 0.5) is 0 Å². The predicted molar refractivity (Wildman–Crippen MR) is 83.9 cm³/mol. The number of rotatable bonds is 3. The third-order valence-corrected chi connectivity index (χ3v) is 4.14. The van der Waals surface area contributed by atoms with Gasteiger partial charge in [0.25, 0.3) is 5.91 Å². The van der Waals surface area contributed by atoms with Crippen LogP contribution in [0.3, 0.4) is 0 Å². The summed E-state index contributed by atoms with van der Waals surface area (Å²) in [5.41, 5.74) is 3.19. The van der Waals surface area contributed by atoms with Gasteiger partial charge in [0.2, 0.25) is 0 Å². The Hall–Kier alpha value is -2.07. The van der Waals surface area contributed by atoms with E-state index >= 15 is 0 Å². The van der Waals surface area contributed by atoms with Crippen molar-refractivity contribution in [2.45, 2.75) is 33.0 Å². The largest absolute Gasteiger partial charge is 0.466 e. The first-order chi connectivity index (χ1) is 10.5. The van der Waals surface area contributed by atoms with Crippen molar-refractivity contribution in [1.29, 1.82) is 0 Å². The molecule has 2 heterocycles. The van der Waals surface area contributed by atoms with Gasteiger partial charge in [-0.05, 0) is 31.0 Å². The standard InChI is InChI=1S/C18H21NO3/c1-12-8-17(13(2)22-12)18(20)19(3)10-16-9-14-6-4-5-7-15(14)11-21-16/h4-8,16H,9-11H2,1-3H3/t16-/m0/s1. The first-order valence-electron chi connectivity index (χ1n) is 7.55. The highest BCUT2D eigenvalue weighted by molar-refractivity contribution is 5.95. The summed E-state index contributed by atoms with van der Waals surface area (Å²) in [4.78, 5) is 14.2. The maximum Gasteiger partial charge on any atom is 0.257 e. The number of likely N-dealkylation sites (N-methyl/N-ethyl adjacent to an activating group) is 1. The molecule has 2 aromatic rings. The highest BCUT2D eigenvalue weighted by Gasteiger charge is 2.24. The van der Waals surface area contributed by atoms with Crippen molar-refractivity contribution in [3.63, 3.8) is 0 Å². The molecule has 0 spiro atoms. The van der Waals surface area contributed by atoms with Crippen LogP contribution in [0, 0.1) is 13.8 Å². The molecule has 1 amide bonds. The topological polar surface area (TPSA) is 42.7 Å². The van der Waals surface area contributed by atoms with Crippen LogP contribution in [0.15, 0.2) is 34.7 Å².